The Labute approximate surface area is 99.5 Å². The van der Waals surface area contributed by atoms with Crippen LogP contribution in [0.15, 0.2) is 12.3 Å². The van der Waals surface area contributed by atoms with Gasteiger partial charge in [-0.3, -0.25) is 10.2 Å². The zero-order valence-corrected chi connectivity index (χ0v) is 10.4. The minimum Gasteiger partial charge on any atom is -0.365 e. The molecular weight excluding hydrogens is 226 g/mol. The molecule has 1 amide bonds. The number of primary amides is 1. The van der Waals surface area contributed by atoms with Crippen LogP contribution in [0.5, 0.6) is 0 Å². The second-order valence-corrected chi connectivity index (χ2v) is 5.41. The molecule has 3 N–H and O–H groups in total. The summed E-state index contributed by atoms with van der Waals surface area (Å²) in [6.45, 7) is 6.74. The molecule has 1 aromatic rings. The zero-order valence-electron chi connectivity index (χ0n) is 9.67. The summed E-state index contributed by atoms with van der Waals surface area (Å²) >= 11 is 5.88. The summed E-state index contributed by atoms with van der Waals surface area (Å²) in [5, 5.41) is 8.27. The van der Waals surface area contributed by atoms with Gasteiger partial charge in [-0.25, -0.2) is 0 Å². The molecule has 0 aliphatic rings. The Hall–Kier alpha value is -1.29. The van der Waals surface area contributed by atoms with Crippen molar-refractivity contribution in [1.82, 2.24) is 4.57 Å². The van der Waals surface area contributed by atoms with Gasteiger partial charge in [0.15, 0.2) is 0 Å². The van der Waals surface area contributed by atoms with Gasteiger partial charge >= 0.3 is 0 Å². The number of nitrogens with zero attached hydrogens (tertiary/aromatic N) is 1. The number of aromatic nitrogens is 1. The Morgan fingerprint density at radius 1 is 1.56 bits per heavy atom. The number of amides is 1. The lowest BCUT2D eigenvalue weighted by Crippen LogP contribution is -2.32. The number of nitrogens with one attached hydrogen (secondary N) is 1. The molecule has 0 bridgehead atoms. The first-order valence-electron chi connectivity index (χ1n) is 4.95. The summed E-state index contributed by atoms with van der Waals surface area (Å²) in [6, 6.07) is 1.42. The number of hydrogen-bond acceptors (Lipinski definition) is 2. The van der Waals surface area contributed by atoms with E-state index < -0.39 is 5.91 Å². The zero-order chi connectivity index (χ0) is 12.5. The maximum Gasteiger partial charge on any atom is 0.252 e. The van der Waals surface area contributed by atoms with Gasteiger partial charge in [-0.1, -0.05) is 32.4 Å². The van der Waals surface area contributed by atoms with Gasteiger partial charge in [0.25, 0.3) is 5.91 Å². The second-order valence-electron chi connectivity index (χ2n) is 4.97. The molecule has 0 saturated carbocycles. The quantitative estimate of drug-likeness (QED) is 0.814. The van der Waals surface area contributed by atoms with E-state index in [1.807, 2.05) is 20.8 Å². The molecule has 1 heterocycles. The van der Waals surface area contributed by atoms with Crippen molar-refractivity contribution < 1.29 is 4.79 Å². The van der Waals surface area contributed by atoms with E-state index in [2.05, 4.69) is 0 Å². The standard InChI is InChI=1S/C11H16ClN3O/c1-11(2,3)6-15-5-7(12)4-8(9(15)13)10(14)16/h4-5,13H,6H2,1-3H3,(H2,14,16). The van der Waals surface area contributed by atoms with Gasteiger partial charge < -0.3 is 10.3 Å². The molecule has 0 radical (unpaired) electrons. The molecule has 0 unspecified atom stereocenters. The van der Waals surface area contributed by atoms with Gasteiger partial charge in [0.05, 0.1) is 10.6 Å². The highest BCUT2D eigenvalue weighted by atomic mass is 35.5. The van der Waals surface area contributed by atoms with Crippen LogP contribution < -0.4 is 11.2 Å². The van der Waals surface area contributed by atoms with Crippen LogP contribution in [0, 0.1) is 10.8 Å². The maximum absolute atomic E-state index is 11.1. The topological polar surface area (TPSA) is 71.9 Å². The van der Waals surface area contributed by atoms with Crippen molar-refractivity contribution in [2.75, 3.05) is 0 Å². The van der Waals surface area contributed by atoms with E-state index in [1.54, 1.807) is 10.8 Å². The number of halogens is 1. The predicted octanol–water partition coefficient (Wildman–Crippen LogP) is 1.77. The lowest BCUT2D eigenvalue weighted by molar-refractivity contribution is 0.0997. The Morgan fingerprint density at radius 3 is 2.56 bits per heavy atom. The smallest absolute Gasteiger partial charge is 0.252 e. The molecular formula is C11H16ClN3O. The normalized spacial score (nSPS) is 11.5. The molecule has 5 heteroatoms. The van der Waals surface area contributed by atoms with Crippen molar-refractivity contribution >= 4 is 17.5 Å². The van der Waals surface area contributed by atoms with Crippen LogP contribution in [0.4, 0.5) is 0 Å². The van der Waals surface area contributed by atoms with E-state index in [9.17, 15) is 4.79 Å². The summed E-state index contributed by atoms with van der Waals surface area (Å²) < 4.78 is 1.64. The monoisotopic (exact) mass is 241 g/mol. The van der Waals surface area contributed by atoms with Crippen LogP contribution in [0.3, 0.4) is 0 Å². The van der Waals surface area contributed by atoms with Gasteiger partial charge in [0, 0.05) is 12.7 Å². The van der Waals surface area contributed by atoms with Gasteiger partial charge in [-0.05, 0) is 11.5 Å². The first-order valence-corrected chi connectivity index (χ1v) is 5.33. The van der Waals surface area contributed by atoms with Crippen LogP contribution in [-0.2, 0) is 6.54 Å². The maximum atomic E-state index is 11.1. The molecule has 16 heavy (non-hydrogen) atoms. The van der Waals surface area contributed by atoms with Crippen molar-refractivity contribution in [2.24, 2.45) is 11.1 Å². The fraction of sp³-hybridized carbons (Fsp3) is 0.455. The molecule has 0 spiro atoms. The van der Waals surface area contributed by atoms with E-state index in [1.165, 1.54) is 6.07 Å². The van der Waals surface area contributed by atoms with Gasteiger partial charge in [0.1, 0.15) is 5.49 Å². The van der Waals surface area contributed by atoms with Crippen LogP contribution in [0.1, 0.15) is 31.1 Å². The molecule has 1 rings (SSSR count). The Balaban J connectivity index is 3.31. The lowest BCUT2D eigenvalue weighted by atomic mass is 9.97. The van der Waals surface area contributed by atoms with E-state index in [-0.39, 0.29) is 16.5 Å². The number of carbonyl (C=O) groups is 1. The first-order chi connectivity index (χ1) is 7.20. The minimum atomic E-state index is -0.629. The van der Waals surface area contributed by atoms with Gasteiger partial charge in [-0.2, -0.15) is 0 Å². The van der Waals surface area contributed by atoms with Crippen molar-refractivity contribution in [3.63, 3.8) is 0 Å². The molecule has 0 aliphatic carbocycles. The Bertz CT molecular complexity index is 471. The average molecular weight is 242 g/mol. The summed E-state index contributed by atoms with van der Waals surface area (Å²) in [5.74, 6) is -0.629. The third kappa shape index (κ3) is 3.10. The molecule has 0 atom stereocenters. The van der Waals surface area contributed by atoms with Crippen molar-refractivity contribution in [2.45, 2.75) is 27.3 Å². The van der Waals surface area contributed by atoms with Gasteiger partial charge in [-0.15, -0.1) is 0 Å². The molecule has 0 saturated heterocycles. The fourth-order valence-corrected chi connectivity index (χ4v) is 1.66. The van der Waals surface area contributed by atoms with Crippen molar-refractivity contribution in [3.8, 4) is 0 Å². The van der Waals surface area contributed by atoms with Crippen molar-refractivity contribution in [3.05, 3.63) is 28.3 Å². The lowest BCUT2D eigenvalue weighted by Gasteiger charge is -2.21. The van der Waals surface area contributed by atoms with Crippen molar-refractivity contribution in [1.29, 1.82) is 5.41 Å². The molecule has 88 valence electrons. The highest BCUT2D eigenvalue weighted by Gasteiger charge is 2.14. The number of carbonyl (C=O) groups excluding carboxylic acids is 1. The molecule has 4 nitrogen and oxygen atoms in total. The third-order valence-corrected chi connectivity index (χ3v) is 2.22. The second kappa shape index (κ2) is 4.29. The number of rotatable bonds is 2. The Kier molecular flexibility index (Phi) is 3.43. The molecule has 0 fully saturated rings. The van der Waals surface area contributed by atoms with E-state index in [0.717, 1.165) is 0 Å². The summed E-state index contributed by atoms with van der Waals surface area (Å²) in [4.78, 5) is 11.1. The van der Waals surface area contributed by atoms with E-state index in [0.29, 0.717) is 11.6 Å². The molecule has 0 aromatic carbocycles. The van der Waals surface area contributed by atoms with E-state index in [4.69, 9.17) is 22.7 Å². The number of pyridine rings is 1. The minimum absolute atomic E-state index is 0.0000646. The predicted molar refractivity (Wildman–Crippen MR) is 63.3 cm³/mol. The van der Waals surface area contributed by atoms with Crippen LogP contribution >= 0.6 is 11.6 Å². The van der Waals surface area contributed by atoms with E-state index >= 15 is 0 Å². The third-order valence-electron chi connectivity index (χ3n) is 2.01. The average Bonchev–Trinajstić information content (AvgIpc) is 2.07. The Morgan fingerprint density at radius 2 is 2.12 bits per heavy atom. The highest BCUT2D eigenvalue weighted by molar-refractivity contribution is 6.30. The summed E-state index contributed by atoms with van der Waals surface area (Å²) in [7, 11) is 0. The first kappa shape index (κ1) is 12.8. The summed E-state index contributed by atoms with van der Waals surface area (Å²) in [6.07, 6.45) is 1.64. The molecule has 0 aliphatic heterocycles. The number of hydrogen-bond donors (Lipinski definition) is 2. The summed E-state index contributed by atoms with van der Waals surface area (Å²) in [5.41, 5.74) is 5.44. The fourth-order valence-electron chi connectivity index (χ4n) is 1.44. The SMILES string of the molecule is CC(C)(C)Cn1cc(Cl)cc(C(N)=O)c1=N. The van der Waals surface area contributed by atoms with Gasteiger partial charge in [0.2, 0.25) is 0 Å². The highest BCUT2D eigenvalue weighted by Crippen LogP contribution is 2.16. The molecule has 1 aromatic heterocycles. The largest absolute Gasteiger partial charge is 0.365 e. The van der Waals surface area contributed by atoms with Crippen LogP contribution in [0.2, 0.25) is 5.02 Å². The van der Waals surface area contributed by atoms with Crippen LogP contribution in [0.25, 0.3) is 0 Å². The van der Waals surface area contributed by atoms with Crippen LogP contribution in [-0.4, -0.2) is 10.5 Å². The number of nitrogens with two attached hydrogens (primary N) is 1.